The van der Waals surface area contributed by atoms with Crippen LogP contribution in [0.3, 0.4) is 0 Å². The highest BCUT2D eigenvalue weighted by Crippen LogP contribution is 2.18. The van der Waals surface area contributed by atoms with Crippen molar-refractivity contribution >= 4 is 29.0 Å². The number of aryl methyl sites for hydroxylation is 1. The van der Waals surface area contributed by atoms with Crippen LogP contribution in [0.25, 0.3) is 0 Å². The van der Waals surface area contributed by atoms with E-state index < -0.39 is 5.97 Å². The molecule has 26 heavy (non-hydrogen) atoms. The van der Waals surface area contributed by atoms with E-state index in [0.717, 1.165) is 29.8 Å². The van der Waals surface area contributed by atoms with Crippen molar-refractivity contribution in [2.45, 2.75) is 32.7 Å². The summed E-state index contributed by atoms with van der Waals surface area (Å²) in [7, 11) is 0. The van der Waals surface area contributed by atoms with Crippen molar-refractivity contribution in [2.24, 2.45) is 0 Å². The van der Waals surface area contributed by atoms with Gasteiger partial charge in [0, 0.05) is 24.4 Å². The molecule has 0 N–H and O–H groups in total. The molecule has 1 amide bonds. The topological polar surface area (TPSA) is 63.7 Å². The van der Waals surface area contributed by atoms with Crippen LogP contribution in [0.15, 0.2) is 36.4 Å². The maximum atomic E-state index is 12.1. The van der Waals surface area contributed by atoms with Gasteiger partial charge < -0.3 is 9.64 Å². The second-order valence-corrected chi connectivity index (χ2v) is 7.40. The minimum atomic E-state index is -0.519. The molecule has 0 radical (unpaired) electrons. The fourth-order valence-corrected chi connectivity index (χ4v) is 3.71. The summed E-state index contributed by atoms with van der Waals surface area (Å²) in [5.41, 5.74) is 1.37. The molecule has 0 bridgehead atoms. The summed E-state index contributed by atoms with van der Waals surface area (Å²) >= 11 is 1.43. The lowest BCUT2D eigenvalue weighted by Crippen LogP contribution is -2.23. The summed E-state index contributed by atoms with van der Waals surface area (Å²) in [6.45, 7) is 3.12. The Bertz CT molecular complexity index is 809. The summed E-state index contributed by atoms with van der Waals surface area (Å²) in [5, 5.41) is 0. The van der Waals surface area contributed by atoms with E-state index in [1.807, 2.05) is 30.0 Å². The minimum Gasteiger partial charge on any atom is -0.454 e. The lowest BCUT2D eigenvalue weighted by molar-refractivity contribution is -0.128. The normalized spacial score (nSPS) is 13.9. The first-order chi connectivity index (χ1) is 12.6. The zero-order valence-electron chi connectivity index (χ0n) is 14.7. The number of hydrogen-bond donors (Lipinski definition) is 0. The first-order valence-corrected chi connectivity index (χ1v) is 9.54. The zero-order chi connectivity index (χ0) is 18.5. The Balaban J connectivity index is 1.52. The van der Waals surface area contributed by atoms with Crippen LogP contribution >= 0.6 is 11.3 Å². The maximum Gasteiger partial charge on any atom is 0.338 e. The third kappa shape index (κ3) is 4.38. The number of likely N-dealkylation sites (tertiary alicyclic amines) is 1. The number of hydrogen-bond acceptors (Lipinski definition) is 5. The lowest BCUT2D eigenvalue weighted by atomic mass is 10.1. The van der Waals surface area contributed by atoms with Crippen molar-refractivity contribution in [1.29, 1.82) is 0 Å². The predicted octanol–water partition coefficient (Wildman–Crippen LogP) is 3.47. The molecule has 5 nitrogen and oxygen atoms in total. The van der Waals surface area contributed by atoms with Crippen LogP contribution in [0.2, 0.25) is 0 Å². The van der Waals surface area contributed by atoms with E-state index in [9.17, 15) is 14.4 Å². The number of ether oxygens (including phenoxy) is 1. The molecule has 1 aromatic heterocycles. The number of ketones is 1. The fraction of sp³-hybridized carbons (Fsp3) is 0.350. The molecular weight excluding hydrogens is 350 g/mol. The van der Waals surface area contributed by atoms with E-state index in [0.29, 0.717) is 23.4 Å². The third-order valence-corrected chi connectivity index (χ3v) is 5.62. The molecule has 1 aliphatic rings. The van der Waals surface area contributed by atoms with Crippen LogP contribution in [0.1, 0.15) is 50.2 Å². The van der Waals surface area contributed by atoms with E-state index in [1.165, 1.54) is 11.3 Å². The van der Waals surface area contributed by atoms with Crippen LogP contribution in [0.5, 0.6) is 0 Å². The minimum absolute atomic E-state index is 0.173. The maximum absolute atomic E-state index is 12.1. The van der Waals surface area contributed by atoms with Gasteiger partial charge in [0.2, 0.25) is 11.7 Å². The van der Waals surface area contributed by atoms with Crippen LogP contribution in [-0.4, -0.2) is 35.7 Å². The highest BCUT2D eigenvalue weighted by atomic mass is 32.1. The van der Waals surface area contributed by atoms with Gasteiger partial charge in [-0.3, -0.25) is 9.59 Å². The molecule has 3 rings (SSSR count). The number of nitrogens with zero attached hydrogens (tertiary/aromatic N) is 1. The Morgan fingerprint density at radius 1 is 1.15 bits per heavy atom. The number of rotatable bonds is 7. The number of amides is 1. The van der Waals surface area contributed by atoms with Gasteiger partial charge in [0.15, 0.2) is 6.61 Å². The van der Waals surface area contributed by atoms with Crippen molar-refractivity contribution in [3.05, 3.63) is 57.3 Å². The summed E-state index contributed by atoms with van der Waals surface area (Å²) < 4.78 is 5.13. The van der Waals surface area contributed by atoms with E-state index >= 15 is 0 Å². The van der Waals surface area contributed by atoms with Crippen molar-refractivity contribution < 1.29 is 19.1 Å². The quantitative estimate of drug-likeness (QED) is 0.552. The van der Waals surface area contributed by atoms with Crippen molar-refractivity contribution in [3.8, 4) is 0 Å². The average Bonchev–Trinajstić information content (AvgIpc) is 3.29. The molecule has 2 aromatic rings. The largest absolute Gasteiger partial charge is 0.454 e. The van der Waals surface area contributed by atoms with Crippen molar-refractivity contribution in [1.82, 2.24) is 4.90 Å². The van der Waals surface area contributed by atoms with Gasteiger partial charge in [-0.05, 0) is 42.7 Å². The van der Waals surface area contributed by atoms with Crippen molar-refractivity contribution in [2.75, 3.05) is 13.2 Å². The Morgan fingerprint density at radius 3 is 2.54 bits per heavy atom. The zero-order valence-corrected chi connectivity index (χ0v) is 15.5. The average molecular weight is 371 g/mol. The highest BCUT2D eigenvalue weighted by molar-refractivity contribution is 7.14. The summed E-state index contributed by atoms with van der Waals surface area (Å²) in [6, 6.07) is 10.7. The molecule has 1 saturated heterocycles. The molecule has 1 aliphatic heterocycles. The number of esters is 1. The van der Waals surface area contributed by atoms with Gasteiger partial charge in [0.05, 0.1) is 10.4 Å². The molecule has 0 spiro atoms. The Morgan fingerprint density at radius 2 is 1.92 bits per heavy atom. The lowest BCUT2D eigenvalue weighted by Gasteiger charge is -2.15. The van der Waals surface area contributed by atoms with E-state index in [1.54, 1.807) is 18.2 Å². The molecule has 0 saturated carbocycles. The fourth-order valence-electron chi connectivity index (χ4n) is 2.84. The number of benzene rings is 1. The van der Waals surface area contributed by atoms with Crippen LogP contribution < -0.4 is 0 Å². The van der Waals surface area contributed by atoms with Gasteiger partial charge in [-0.25, -0.2) is 4.79 Å². The van der Waals surface area contributed by atoms with Gasteiger partial charge in [0.1, 0.15) is 0 Å². The molecular formula is C20H21NO4S. The number of carbonyl (C=O) groups excluding carboxylic acids is 3. The molecule has 1 fully saturated rings. The third-order valence-electron chi connectivity index (χ3n) is 4.35. The van der Waals surface area contributed by atoms with E-state index in [4.69, 9.17) is 4.74 Å². The first kappa shape index (κ1) is 18.3. The second kappa shape index (κ2) is 8.27. The van der Waals surface area contributed by atoms with Crippen LogP contribution in [-0.2, 0) is 22.5 Å². The molecule has 1 aromatic carbocycles. The number of carbonyl (C=O) groups is 3. The number of thiophene rings is 1. The first-order valence-electron chi connectivity index (χ1n) is 8.72. The standard InChI is InChI=1S/C20H21NO4S/c1-2-16-9-10-18(26-16)17(22)13-25-20(24)15-7-5-14(6-8-15)12-21-11-3-4-19(21)23/h5-10H,2-4,11-13H2,1H3. The van der Waals surface area contributed by atoms with Crippen LogP contribution in [0.4, 0.5) is 0 Å². The predicted molar refractivity (Wildman–Crippen MR) is 99.4 cm³/mol. The highest BCUT2D eigenvalue weighted by Gasteiger charge is 2.20. The van der Waals surface area contributed by atoms with Crippen LogP contribution in [0, 0.1) is 0 Å². The summed E-state index contributed by atoms with van der Waals surface area (Å²) in [4.78, 5) is 39.4. The van der Waals surface area contributed by atoms with Gasteiger partial charge in [-0.15, -0.1) is 11.3 Å². The van der Waals surface area contributed by atoms with E-state index in [-0.39, 0.29) is 18.3 Å². The Kier molecular flexibility index (Phi) is 5.83. The molecule has 6 heteroatoms. The molecule has 2 heterocycles. The summed E-state index contributed by atoms with van der Waals surface area (Å²) in [5.74, 6) is -0.534. The molecule has 0 aliphatic carbocycles. The van der Waals surface area contributed by atoms with Gasteiger partial charge in [-0.2, -0.15) is 0 Å². The SMILES string of the molecule is CCc1ccc(C(=O)COC(=O)c2ccc(CN3CCCC3=O)cc2)s1. The molecule has 0 unspecified atom stereocenters. The van der Waals surface area contributed by atoms with Gasteiger partial charge >= 0.3 is 5.97 Å². The smallest absolute Gasteiger partial charge is 0.338 e. The Hall–Kier alpha value is -2.47. The number of Topliss-reactive ketones (excluding diaryl/α,β-unsaturated/α-hetero) is 1. The van der Waals surface area contributed by atoms with Gasteiger partial charge in [0.25, 0.3) is 0 Å². The van der Waals surface area contributed by atoms with Gasteiger partial charge in [-0.1, -0.05) is 19.1 Å². The Labute approximate surface area is 156 Å². The second-order valence-electron chi connectivity index (χ2n) is 6.23. The summed E-state index contributed by atoms with van der Waals surface area (Å²) in [6.07, 6.45) is 2.40. The molecule has 0 atom stereocenters. The molecule has 136 valence electrons. The van der Waals surface area contributed by atoms with Crippen molar-refractivity contribution in [3.63, 3.8) is 0 Å². The monoisotopic (exact) mass is 371 g/mol. The van der Waals surface area contributed by atoms with E-state index in [2.05, 4.69) is 0 Å².